The zero-order valence-corrected chi connectivity index (χ0v) is 36.7. The summed E-state index contributed by atoms with van der Waals surface area (Å²) in [6.45, 7) is 12.5. The predicted molar refractivity (Wildman–Crippen MR) is 233 cm³/mol. The van der Waals surface area contributed by atoms with Crippen molar-refractivity contribution in [2.24, 2.45) is 28.8 Å². The van der Waals surface area contributed by atoms with Crippen molar-refractivity contribution in [3.63, 3.8) is 0 Å². The molecule has 9 unspecified atom stereocenters. The third kappa shape index (κ3) is 8.62. The summed E-state index contributed by atoms with van der Waals surface area (Å²) in [5.41, 5.74) is 0.428. The van der Waals surface area contributed by atoms with E-state index in [1.807, 2.05) is 12.1 Å². The van der Waals surface area contributed by atoms with Crippen molar-refractivity contribution in [2.75, 3.05) is 19.0 Å². The van der Waals surface area contributed by atoms with Crippen LogP contribution in [0.5, 0.6) is 23.0 Å². The van der Waals surface area contributed by atoms with E-state index in [2.05, 4.69) is 10.4 Å². The van der Waals surface area contributed by atoms with Gasteiger partial charge in [-0.2, -0.15) is 5.10 Å². The van der Waals surface area contributed by atoms with Crippen molar-refractivity contribution < 1.29 is 63.7 Å². The number of fused-ring (bicyclic) bond motifs is 15. The normalized spacial score (nSPS) is 29.5. The van der Waals surface area contributed by atoms with Crippen LogP contribution >= 0.6 is 0 Å². The Hall–Kier alpha value is -6.23. The average Bonchev–Trinajstić information content (AvgIpc) is 3.52. The highest BCUT2D eigenvalue weighted by molar-refractivity contribution is 6.24. The van der Waals surface area contributed by atoms with Crippen LogP contribution in [0.25, 0.3) is 10.8 Å². The van der Waals surface area contributed by atoms with Crippen molar-refractivity contribution in [3.05, 3.63) is 88.2 Å². The molecule has 4 heterocycles. The molecule has 5 bridgehead atoms. The monoisotopic (exact) mass is 869 g/mol. The number of ketones is 1. The number of allylic oxidation sites excluding steroid dienone is 2. The van der Waals surface area contributed by atoms with Crippen LogP contribution < -0.4 is 10.1 Å². The number of esters is 1. The molecule has 0 radical (unpaired) electrons. The summed E-state index contributed by atoms with van der Waals surface area (Å²) in [6.07, 6.45) is 4.85. The van der Waals surface area contributed by atoms with Gasteiger partial charge >= 0.3 is 11.8 Å². The summed E-state index contributed by atoms with van der Waals surface area (Å²) < 4.78 is 23.6. The van der Waals surface area contributed by atoms with E-state index in [1.165, 1.54) is 58.2 Å². The molecule has 0 aliphatic carbocycles. The molecule has 0 saturated carbocycles. The Kier molecular flexibility index (Phi) is 13.4. The van der Waals surface area contributed by atoms with Crippen molar-refractivity contribution in [2.45, 2.75) is 92.0 Å². The molecule has 4 aliphatic heterocycles. The van der Waals surface area contributed by atoms with E-state index in [-0.39, 0.29) is 51.0 Å². The number of phenols is 3. The molecule has 0 fully saturated rings. The number of Topliss-reactive ketones (excluding diaryl/α,β-unsaturated/α-hetero) is 1. The van der Waals surface area contributed by atoms with Gasteiger partial charge in [0.05, 0.1) is 53.0 Å². The second kappa shape index (κ2) is 18.2. The zero-order valence-electron chi connectivity index (χ0n) is 36.7. The highest BCUT2D eigenvalue weighted by Crippen LogP contribution is 2.55. The van der Waals surface area contributed by atoms with E-state index >= 15 is 0 Å². The van der Waals surface area contributed by atoms with E-state index < -0.39 is 94.7 Å². The number of anilines is 1. The van der Waals surface area contributed by atoms with Gasteiger partial charge < -0.3 is 49.8 Å². The zero-order chi connectivity index (χ0) is 46.2. The van der Waals surface area contributed by atoms with Crippen LogP contribution in [0.1, 0.15) is 85.9 Å². The minimum Gasteiger partial charge on any atom is -0.507 e. The molecule has 4 aliphatic rings. The number of ether oxygens (including phenoxy) is 4. The molecule has 3 aromatic carbocycles. The molecule has 16 nitrogen and oxygen atoms in total. The number of hydrogen-bond acceptors (Lipinski definition) is 14. The topological polar surface area (TPSA) is 234 Å². The van der Waals surface area contributed by atoms with E-state index in [9.17, 15) is 44.7 Å². The average molecular weight is 870 g/mol. The number of amides is 2. The number of benzene rings is 3. The molecule has 9 atom stereocenters. The van der Waals surface area contributed by atoms with Crippen LogP contribution in [0.3, 0.4) is 0 Å². The summed E-state index contributed by atoms with van der Waals surface area (Å²) >= 11 is 0. The maximum absolute atomic E-state index is 14.5. The maximum Gasteiger partial charge on any atom is 0.312 e. The summed E-state index contributed by atoms with van der Waals surface area (Å²) in [6, 6.07) is 7.05. The summed E-state index contributed by atoms with van der Waals surface area (Å²) in [5, 5.41) is 66.2. The van der Waals surface area contributed by atoms with E-state index in [1.54, 1.807) is 52.0 Å². The van der Waals surface area contributed by atoms with Crippen molar-refractivity contribution in [1.29, 1.82) is 0 Å². The van der Waals surface area contributed by atoms with Crippen molar-refractivity contribution in [1.82, 2.24) is 5.01 Å². The number of aromatic hydroxyl groups is 3. The second-order valence-corrected chi connectivity index (χ2v) is 16.7. The Morgan fingerprint density at radius 1 is 0.952 bits per heavy atom. The fourth-order valence-electron chi connectivity index (χ4n) is 8.52. The first-order valence-corrected chi connectivity index (χ1v) is 20.8. The lowest BCUT2D eigenvalue weighted by Crippen LogP contribution is -2.46. The summed E-state index contributed by atoms with van der Waals surface area (Å²) in [4.78, 5) is 54.2. The molecule has 2 amide bonds. The molecule has 7 rings (SSSR count). The molecule has 0 saturated heterocycles. The molecule has 0 aromatic heterocycles. The van der Waals surface area contributed by atoms with Crippen LogP contribution in [-0.2, 0) is 30.2 Å². The maximum atomic E-state index is 14.5. The number of aliphatic hydroxyl groups excluding tert-OH is 2. The molecular weight excluding hydrogens is 815 g/mol. The summed E-state index contributed by atoms with van der Waals surface area (Å²) in [5.74, 6) is -9.45. The number of aliphatic hydroxyl groups is 2. The van der Waals surface area contributed by atoms with E-state index in [0.29, 0.717) is 12.0 Å². The molecule has 63 heavy (non-hydrogen) atoms. The molecule has 3 aromatic rings. The first-order chi connectivity index (χ1) is 29.7. The Bertz CT molecular complexity index is 2460. The van der Waals surface area contributed by atoms with Crippen LogP contribution in [0, 0.1) is 30.6 Å². The van der Waals surface area contributed by atoms with Crippen LogP contribution in [-0.4, -0.2) is 104 Å². The van der Waals surface area contributed by atoms with Crippen LogP contribution in [0.2, 0.25) is 0 Å². The Morgan fingerprint density at radius 2 is 1.65 bits per heavy atom. The number of rotatable bonds is 4. The van der Waals surface area contributed by atoms with Gasteiger partial charge in [-0.15, -0.1) is 0 Å². The van der Waals surface area contributed by atoms with Gasteiger partial charge in [0, 0.05) is 73.3 Å². The number of nitrogens with one attached hydrogen (secondary N) is 1. The van der Waals surface area contributed by atoms with Gasteiger partial charge in [-0.3, -0.25) is 19.2 Å². The van der Waals surface area contributed by atoms with Gasteiger partial charge in [0.2, 0.25) is 0 Å². The highest BCUT2D eigenvalue weighted by Gasteiger charge is 2.50. The minimum atomic E-state index is -2.10. The number of hydrazone groups is 1. The lowest BCUT2D eigenvalue weighted by Gasteiger charge is -2.38. The molecule has 0 spiro atoms. The Balaban J connectivity index is 1.53. The minimum absolute atomic E-state index is 0.00515. The molecule has 336 valence electrons. The first-order valence-electron chi connectivity index (χ1n) is 20.8. The predicted octanol–water partition coefficient (Wildman–Crippen LogP) is 5.79. The van der Waals surface area contributed by atoms with E-state index in [4.69, 9.17) is 18.9 Å². The Labute approximate surface area is 365 Å². The lowest BCUT2D eigenvalue weighted by atomic mass is 9.78. The number of carbonyl (C=O) groups excluding carboxylic acids is 4. The van der Waals surface area contributed by atoms with Gasteiger partial charge in [-0.1, -0.05) is 64.1 Å². The third-order valence-corrected chi connectivity index (χ3v) is 12.4. The highest BCUT2D eigenvalue weighted by atomic mass is 16.7. The fraction of sp³-hybridized carbons (Fsp3) is 0.426. The quantitative estimate of drug-likeness (QED) is 0.0790. The standard InChI is InChI=1S/C47H55N3O13/c1-22-13-12-14-23(2)45(58)49-36-31(21-48-50-19-17-29-15-10-11-16-30(29)46(50)59)40(55)33-34(41(36)56)39(54)27(6)43-35(33)44(57)47(8,63-43)61-20-18-32(60-9)24(3)42(62-28(7)51)26(5)38(53)25(4)37(22)52/h10-16,18,20-22,24-26,32,37-38,42,52-56H,17,19H2,1-9H3,(H,49,58)/b13-12-,20-18?,23-14-,48-21+. The molecular formula is C47H55N3O13. The SMILES string of the molecule is COC1C=COC2(C)Oc3c(C)c(O)c4c(O)c(c(/C=N/N5CCc6ccccc6C5=O)c(O)c4c3C2=O)NC(=O)/C(C)=C\C=C/C(C)C(O)C(C)C(O)C(C)C(OC(C)=O)C1C. The number of carbonyl (C=O) groups is 4. The number of hydrogen-bond donors (Lipinski definition) is 6. The largest absolute Gasteiger partial charge is 0.507 e. The van der Waals surface area contributed by atoms with E-state index in [0.717, 1.165) is 11.8 Å². The van der Waals surface area contributed by atoms with Crippen LogP contribution in [0.4, 0.5) is 5.69 Å². The fourth-order valence-corrected chi connectivity index (χ4v) is 8.52. The van der Waals surface area contributed by atoms with Gasteiger partial charge in [0.1, 0.15) is 23.4 Å². The first kappa shape index (κ1) is 46.3. The number of nitrogens with zero attached hydrogens (tertiary/aromatic N) is 2. The third-order valence-electron chi connectivity index (χ3n) is 12.4. The van der Waals surface area contributed by atoms with Gasteiger partial charge in [0.25, 0.3) is 17.6 Å². The lowest BCUT2D eigenvalue weighted by molar-refractivity contribution is -0.160. The molecule has 6 N–H and O–H groups in total. The number of phenolic OH excluding ortho intramolecular Hbond substituents is 3. The smallest absolute Gasteiger partial charge is 0.312 e. The van der Waals surface area contributed by atoms with Crippen molar-refractivity contribution >= 4 is 46.2 Å². The van der Waals surface area contributed by atoms with Gasteiger partial charge in [0.15, 0.2) is 5.75 Å². The molecule has 16 heteroatoms. The van der Waals surface area contributed by atoms with Crippen LogP contribution in [0.15, 0.2) is 65.5 Å². The summed E-state index contributed by atoms with van der Waals surface area (Å²) in [7, 11) is 1.42. The number of methoxy groups -OCH3 is 1. The second-order valence-electron chi connectivity index (χ2n) is 16.7. The Morgan fingerprint density at radius 3 is 2.33 bits per heavy atom. The van der Waals surface area contributed by atoms with Gasteiger partial charge in [-0.25, -0.2) is 5.01 Å². The van der Waals surface area contributed by atoms with Gasteiger partial charge in [-0.05, 0) is 38.0 Å². The van der Waals surface area contributed by atoms with Crippen molar-refractivity contribution in [3.8, 4) is 23.0 Å².